The fourth-order valence-electron chi connectivity index (χ4n) is 4.09. The first-order valence-corrected chi connectivity index (χ1v) is 13.4. The number of fused-ring (bicyclic) bond motifs is 1. The second kappa shape index (κ2) is 8.96. The van der Waals surface area contributed by atoms with Gasteiger partial charge in [-0.25, -0.2) is 13.4 Å². The minimum atomic E-state index is -3.84. The van der Waals surface area contributed by atoms with Gasteiger partial charge in [-0.15, -0.1) is 0 Å². The molecule has 6 nitrogen and oxygen atoms in total. The molecule has 9 heteroatoms. The maximum Gasteiger partial charge on any atom is 0.266 e. The number of anilines is 2. The number of sulfonamides is 1. The van der Waals surface area contributed by atoms with Gasteiger partial charge in [-0.1, -0.05) is 48.5 Å². The molecule has 0 aliphatic carbocycles. The van der Waals surface area contributed by atoms with E-state index in [2.05, 4.69) is 46.7 Å². The largest absolute Gasteiger partial charge is 0.363 e. The lowest BCUT2D eigenvalue weighted by Gasteiger charge is -2.25. The predicted molar refractivity (Wildman–Crippen MR) is 138 cm³/mol. The Bertz CT molecular complexity index is 1390. The Hall–Kier alpha value is -2.62. The quantitative estimate of drug-likeness (QED) is 0.327. The van der Waals surface area contributed by atoms with Gasteiger partial charge in [0, 0.05) is 27.3 Å². The van der Waals surface area contributed by atoms with Crippen molar-refractivity contribution < 1.29 is 8.42 Å². The molecule has 0 amide bonds. The number of rotatable bonds is 4. The molecule has 0 saturated heterocycles. The Labute approximate surface area is 209 Å². The monoisotopic (exact) mass is 586 g/mol. The molecule has 0 saturated carbocycles. The lowest BCUT2D eigenvalue weighted by Crippen LogP contribution is -2.35. The summed E-state index contributed by atoms with van der Waals surface area (Å²) in [6, 6.07) is 21.0. The molecule has 1 N–H and O–H groups in total. The zero-order valence-electron chi connectivity index (χ0n) is 17.4. The van der Waals surface area contributed by atoms with E-state index in [1.165, 1.54) is 4.31 Å². The Morgan fingerprint density at radius 3 is 2.39 bits per heavy atom. The van der Waals surface area contributed by atoms with Crippen LogP contribution in [0.3, 0.4) is 0 Å². The van der Waals surface area contributed by atoms with Crippen LogP contribution in [0.15, 0.2) is 93.1 Å². The van der Waals surface area contributed by atoms with E-state index >= 15 is 0 Å². The molecule has 1 aliphatic rings. The highest BCUT2D eigenvalue weighted by molar-refractivity contribution is 9.13. The van der Waals surface area contributed by atoms with Crippen LogP contribution in [0, 0.1) is 0 Å². The van der Waals surface area contributed by atoms with Crippen molar-refractivity contribution in [3.63, 3.8) is 0 Å². The SMILES string of the molecule is O=S1(=O)c2cc(Br)c(Br)cc2N(Cc2cnc[nH]2)CCN1c1ccccc1-c1ccccc1. The average Bonchev–Trinajstić information content (AvgIpc) is 3.30. The number of hydrogen-bond acceptors (Lipinski definition) is 4. The van der Waals surface area contributed by atoms with Crippen LogP contribution in [0.1, 0.15) is 5.69 Å². The molecule has 0 spiro atoms. The van der Waals surface area contributed by atoms with Gasteiger partial charge in [-0.05, 0) is 55.6 Å². The number of halogens is 2. The fourth-order valence-corrected chi connectivity index (χ4v) is 6.61. The second-order valence-electron chi connectivity index (χ2n) is 7.69. The third kappa shape index (κ3) is 4.20. The van der Waals surface area contributed by atoms with E-state index in [0.717, 1.165) is 21.3 Å². The summed E-state index contributed by atoms with van der Waals surface area (Å²) in [7, 11) is -3.84. The van der Waals surface area contributed by atoms with Crippen molar-refractivity contribution in [3.8, 4) is 11.1 Å². The van der Waals surface area contributed by atoms with Crippen LogP contribution in [0.5, 0.6) is 0 Å². The third-order valence-corrected chi connectivity index (χ3v) is 9.34. The first kappa shape index (κ1) is 22.2. The van der Waals surface area contributed by atoms with Gasteiger partial charge < -0.3 is 9.88 Å². The van der Waals surface area contributed by atoms with Crippen molar-refractivity contribution in [2.45, 2.75) is 11.4 Å². The van der Waals surface area contributed by atoms with Crippen molar-refractivity contribution in [3.05, 3.63) is 93.9 Å². The second-order valence-corrected chi connectivity index (χ2v) is 11.2. The molecule has 0 radical (unpaired) electrons. The minimum Gasteiger partial charge on any atom is -0.363 e. The van der Waals surface area contributed by atoms with E-state index in [-0.39, 0.29) is 4.90 Å². The van der Waals surface area contributed by atoms with Crippen LogP contribution in [-0.2, 0) is 16.6 Å². The minimum absolute atomic E-state index is 0.262. The molecule has 3 aromatic carbocycles. The number of aromatic nitrogens is 2. The van der Waals surface area contributed by atoms with Crippen LogP contribution in [0.2, 0.25) is 0 Å². The Balaban J connectivity index is 1.66. The van der Waals surface area contributed by atoms with Crippen molar-refractivity contribution in [2.24, 2.45) is 0 Å². The van der Waals surface area contributed by atoms with Crippen LogP contribution in [-0.4, -0.2) is 31.5 Å². The first-order chi connectivity index (χ1) is 15.9. The van der Waals surface area contributed by atoms with Crippen molar-refractivity contribution in [2.75, 3.05) is 22.3 Å². The molecule has 2 heterocycles. The zero-order chi connectivity index (χ0) is 23.0. The summed E-state index contributed by atoms with van der Waals surface area (Å²) in [5, 5.41) is 0. The highest BCUT2D eigenvalue weighted by Crippen LogP contribution is 2.41. The van der Waals surface area contributed by atoms with E-state index in [1.807, 2.05) is 60.7 Å². The molecule has 0 unspecified atom stereocenters. The summed E-state index contributed by atoms with van der Waals surface area (Å²) >= 11 is 7.04. The Morgan fingerprint density at radius 2 is 1.64 bits per heavy atom. The molecular formula is C24H20Br2N4O2S. The number of aromatic amines is 1. The summed E-state index contributed by atoms with van der Waals surface area (Å²) in [6.07, 6.45) is 3.39. The zero-order valence-corrected chi connectivity index (χ0v) is 21.4. The Morgan fingerprint density at radius 1 is 0.909 bits per heavy atom. The summed E-state index contributed by atoms with van der Waals surface area (Å²) in [4.78, 5) is 9.56. The van der Waals surface area contributed by atoms with E-state index in [9.17, 15) is 8.42 Å². The van der Waals surface area contributed by atoms with Crippen molar-refractivity contribution in [1.82, 2.24) is 9.97 Å². The molecule has 0 bridgehead atoms. The maximum absolute atomic E-state index is 14.1. The summed E-state index contributed by atoms with van der Waals surface area (Å²) < 4.78 is 31.1. The molecule has 1 aromatic heterocycles. The topological polar surface area (TPSA) is 69.3 Å². The average molecular weight is 588 g/mol. The van der Waals surface area contributed by atoms with Gasteiger partial charge in [0.15, 0.2) is 0 Å². The molecule has 0 fully saturated rings. The number of nitrogens with zero attached hydrogens (tertiary/aromatic N) is 3. The van der Waals surface area contributed by atoms with Gasteiger partial charge >= 0.3 is 0 Å². The van der Waals surface area contributed by atoms with E-state index in [1.54, 1.807) is 18.6 Å². The van der Waals surface area contributed by atoms with Crippen LogP contribution >= 0.6 is 31.9 Å². The van der Waals surface area contributed by atoms with E-state index in [4.69, 9.17) is 0 Å². The number of H-pyrrole nitrogens is 1. The molecule has 1 aliphatic heterocycles. The number of imidazole rings is 1. The van der Waals surface area contributed by atoms with Gasteiger partial charge in [0.25, 0.3) is 10.0 Å². The normalized spacial score (nSPS) is 15.2. The molecular weight excluding hydrogens is 568 g/mol. The summed E-state index contributed by atoms with van der Waals surface area (Å²) in [6.45, 7) is 1.34. The highest BCUT2D eigenvalue weighted by Gasteiger charge is 2.35. The number of para-hydroxylation sites is 1. The number of benzene rings is 3. The van der Waals surface area contributed by atoms with Gasteiger partial charge in [0.2, 0.25) is 0 Å². The Kier molecular flexibility index (Phi) is 6.03. The molecule has 168 valence electrons. The van der Waals surface area contributed by atoms with Gasteiger partial charge in [0.05, 0.1) is 36.5 Å². The summed E-state index contributed by atoms with van der Waals surface area (Å²) in [5.41, 5.74) is 4.08. The van der Waals surface area contributed by atoms with Gasteiger partial charge in [-0.3, -0.25) is 4.31 Å². The highest BCUT2D eigenvalue weighted by atomic mass is 79.9. The van der Waals surface area contributed by atoms with Crippen LogP contribution in [0.25, 0.3) is 11.1 Å². The van der Waals surface area contributed by atoms with Crippen molar-refractivity contribution in [1.29, 1.82) is 0 Å². The number of nitrogens with one attached hydrogen (secondary N) is 1. The van der Waals surface area contributed by atoms with E-state index in [0.29, 0.717) is 35.5 Å². The number of hydrogen-bond donors (Lipinski definition) is 1. The van der Waals surface area contributed by atoms with Crippen LogP contribution < -0.4 is 9.21 Å². The summed E-state index contributed by atoms with van der Waals surface area (Å²) in [5.74, 6) is 0. The van der Waals surface area contributed by atoms with Gasteiger partial charge in [-0.2, -0.15) is 0 Å². The lowest BCUT2D eigenvalue weighted by atomic mass is 10.0. The molecule has 0 atom stereocenters. The maximum atomic E-state index is 14.1. The predicted octanol–water partition coefficient (Wildman–Crippen LogP) is 5.82. The molecule has 5 rings (SSSR count). The molecule has 33 heavy (non-hydrogen) atoms. The molecule has 4 aromatic rings. The third-order valence-electron chi connectivity index (χ3n) is 5.66. The lowest BCUT2D eigenvalue weighted by molar-refractivity contribution is 0.593. The fraction of sp³-hybridized carbons (Fsp3) is 0.125. The standard InChI is InChI=1S/C24H20Br2N4O2S/c25-20-12-23-24(13-21(20)26)33(31,32)30(11-10-29(23)15-18-14-27-16-28-18)22-9-5-4-8-19(22)17-6-2-1-3-7-17/h1-9,12-14,16H,10-11,15H2,(H,27,28). The van der Waals surface area contributed by atoms with Gasteiger partial charge in [0.1, 0.15) is 4.90 Å². The van der Waals surface area contributed by atoms with E-state index < -0.39 is 10.0 Å². The first-order valence-electron chi connectivity index (χ1n) is 10.3. The van der Waals surface area contributed by atoms with Crippen LogP contribution in [0.4, 0.5) is 11.4 Å². The smallest absolute Gasteiger partial charge is 0.266 e. The van der Waals surface area contributed by atoms with Crippen molar-refractivity contribution >= 4 is 53.3 Å².